The predicted octanol–water partition coefficient (Wildman–Crippen LogP) is 1.54. The highest BCUT2D eigenvalue weighted by atomic mass is 16.5. The van der Waals surface area contributed by atoms with Crippen molar-refractivity contribution in [3.8, 4) is 0 Å². The highest BCUT2D eigenvalue weighted by molar-refractivity contribution is 5.80. The SMILES string of the molecule is COC(=O)C(C)(CC(C)N(C)C1CC1)NC1CC1. The third-order valence-electron chi connectivity index (χ3n) is 4.26. The number of hydrogen-bond acceptors (Lipinski definition) is 4. The zero-order chi connectivity index (χ0) is 13.3. The molecule has 1 N–H and O–H groups in total. The van der Waals surface area contributed by atoms with E-state index in [0.717, 1.165) is 12.5 Å². The summed E-state index contributed by atoms with van der Waals surface area (Å²) < 4.78 is 4.98. The molecule has 2 aliphatic rings. The average Bonchev–Trinajstić information content (AvgIpc) is 3.18. The van der Waals surface area contributed by atoms with Gasteiger partial charge in [-0.1, -0.05) is 0 Å². The van der Waals surface area contributed by atoms with Gasteiger partial charge in [0.1, 0.15) is 5.54 Å². The van der Waals surface area contributed by atoms with Crippen molar-refractivity contribution in [3.05, 3.63) is 0 Å². The van der Waals surface area contributed by atoms with Crippen LogP contribution in [0, 0.1) is 0 Å². The number of esters is 1. The highest BCUT2D eigenvalue weighted by Crippen LogP contribution is 2.31. The van der Waals surface area contributed by atoms with Crippen LogP contribution < -0.4 is 5.32 Å². The number of carbonyl (C=O) groups excluding carboxylic acids is 1. The van der Waals surface area contributed by atoms with Gasteiger partial charge in [-0.3, -0.25) is 10.1 Å². The van der Waals surface area contributed by atoms with Crippen molar-refractivity contribution in [2.24, 2.45) is 0 Å². The minimum atomic E-state index is -0.543. The summed E-state index contributed by atoms with van der Waals surface area (Å²) in [5.41, 5.74) is -0.543. The molecule has 2 unspecified atom stereocenters. The largest absolute Gasteiger partial charge is 0.468 e. The van der Waals surface area contributed by atoms with Gasteiger partial charge in [0.2, 0.25) is 0 Å². The number of hydrogen-bond donors (Lipinski definition) is 1. The first-order valence-electron chi connectivity index (χ1n) is 7.04. The van der Waals surface area contributed by atoms with Crippen molar-refractivity contribution in [2.75, 3.05) is 14.2 Å². The molecule has 4 heteroatoms. The molecule has 0 aliphatic heterocycles. The van der Waals surface area contributed by atoms with E-state index >= 15 is 0 Å². The van der Waals surface area contributed by atoms with Crippen LogP contribution in [-0.4, -0.2) is 48.7 Å². The van der Waals surface area contributed by atoms with Crippen molar-refractivity contribution in [1.29, 1.82) is 0 Å². The zero-order valence-electron chi connectivity index (χ0n) is 12.0. The minimum Gasteiger partial charge on any atom is -0.468 e. The molecule has 2 fully saturated rings. The Morgan fingerprint density at radius 3 is 2.50 bits per heavy atom. The molecule has 0 aromatic heterocycles. The lowest BCUT2D eigenvalue weighted by Crippen LogP contribution is -2.54. The van der Waals surface area contributed by atoms with Gasteiger partial charge >= 0.3 is 5.97 Å². The fourth-order valence-corrected chi connectivity index (χ4v) is 2.68. The van der Waals surface area contributed by atoms with Crippen LogP contribution in [0.2, 0.25) is 0 Å². The van der Waals surface area contributed by atoms with Crippen LogP contribution in [0.25, 0.3) is 0 Å². The summed E-state index contributed by atoms with van der Waals surface area (Å²) in [6, 6.07) is 1.63. The van der Waals surface area contributed by atoms with Crippen LogP contribution in [0.15, 0.2) is 0 Å². The Bertz CT molecular complexity index is 313. The number of nitrogens with one attached hydrogen (secondary N) is 1. The predicted molar refractivity (Wildman–Crippen MR) is 71.4 cm³/mol. The maximum Gasteiger partial charge on any atom is 0.325 e. The first kappa shape index (κ1) is 13.8. The molecule has 2 aliphatic carbocycles. The lowest BCUT2D eigenvalue weighted by Gasteiger charge is -2.34. The maximum atomic E-state index is 12.0. The summed E-state index contributed by atoms with van der Waals surface area (Å²) in [6.07, 6.45) is 5.76. The van der Waals surface area contributed by atoms with E-state index < -0.39 is 5.54 Å². The van der Waals surface area contributed by atoms with E-state index in [2.05, 4.69) is 24.2 Å². The molecule has 0 radical (unpaired) electrons. The molecule has 104 valence electrons. The van der Waals surface area contributed by atoms with Crippen LogP contribution in [0.1, 0.15) is 46.0 Å². The van der Waals surface area contributed by atoms with Gasteiger partial charge in [0.25, 0.3) is 0 Å². The van der Waals surface area contributed by atoms with Gasteiger partial charge in [-0.25, -0.2) is 0 Å². The fraction of sp³-hybridized carbons (Fsp3) is 0.929. The Labute approximate surface area is 110 Å². The molecule has 0 bridgehead atoms. The van der Waals surface area contributed by atoms with Gasteiger partial charge < -0.3 is 9.64 Å². The number of rotatable bonds is 7. The van der Waals surface area contributed by atoms with Gasteiger partial charge in [0, 0.05) is 18.1 Å². The first-order chi connectivity index (χ1) is 8.46. The summed E-state index contributed by atoms with van der Waals surface area (Å²) in [7, 11) is 3.64. The number of ether oxygens (including phenoxy) is 1. The van der Waals surface area contributed by atoms with Gasteiger partial charge in [-0.15, -0.1) is 0 Å². The average molecular weight is 254 g/mol. The highest BCUT2D eigenvalue weighted by Gasteiger charge is 2.42. The molecule has 0 spiro atoms. The second-order valence-corrected chi connectivity index (χ2v) is 6.19. The Morgan fingerprint density at radius 1 is 1.44 bits per heavy atom. The zero-order valence-corrected chi connectivity index (χ0v) is 12.0. The van der Waals surface area contributed by atoms with E-state index in [9.17, 15) is 4.79 Å². The lowest BCUT2D eigenvalue weighted by molar-refractivity contribution is -0.149. The molecular weight excluding hydrogens is 228 g/mol. The number of methoxy groups -OCH3 is 1. The van der Waals surface area contributed by atoms with Crippen LogP contribution >= 0.6 is 0 Å². The van der Waals surface area contributed by atoms with Gasteiger partial charge in [-0.2, -0.15) is 0 Å². The van der Waals surface area contributed by atoms with E-state index in [0.29, 0.717) is 12.1 Å². The maximum absolute atomic E-state index is 12.0. The molecular formula is C14H26N2O2. The molecule has 0 saturated heterocycles. The van der Waals surface area contributed by atoms with Crippen molar-refractivity contribution < 1.29 is 9.53 Å². The monoisotopic (exact) mass is 254 g/mol. The van der Waals surface area contributed by atoms with Crippen LogP contribution in [0.4, 0.5) is 0 Å². The van der Waals surface area contributed by atoms with Crippen molar-refractivity contribution >= 4 is 5.97 Å². The van der Waals surface area contributed by atoms with E-state index in [1.54, 1.807) is 0 Å². The van der Waals surface area contributed by atoms with E-state index in [1.807, 2.05) is 6.92 Å². The lowest BCUT2D eigenvalue weighted by atomic mass is 9.92. The normalized spacial score (nSPS) is 24.7. The third-order valence-corrected chi connectivity index (χ3v) is 4.26. The van der Waals surface area contributed by atoms with Crippen molar-refractivity contribution in [1.82, 2.24) is 10.2 Å². The number of carbonyl (C=O) groups is 1. The molecule has 0 heterocycles. The van der Waals surface area contributed by atoms with E-state index in [1.165, 1.54) is 32.8 Å². The number of nitrogens with zero attached hydrogens (tertiary/aromatic N) is 1. The van der Waals surface area contributed by atoms with Crippen LogP contribution in [0.3, 0.4) is 0 Å². The van der Waals surface area contributed by atoms with Gasteiger partial charge in [0.05, 0.1) is 7.11 Å². The molecule has 0 amide bonds. The van der Waals surface area contributed by atoms with E-state index in [-0.39, 0.29) is 5.97 Å². The second-order valence-electron chi connectivity index (χ2n) is 6.19. The van der Waals surface area contributed by atoms with Gasteiger partial charge in [0.15, 0.2) is 0 Å². The fourth-order valence-electron chi connectivity index (χ4n) is 2.68. The molecule has 2 saturated carbocycles. The van der Waals surface area contributed by atoms with E-state index in [4.69, 9.17) is 4.74 Å². The third kappa shape index (κ3) is 3.23. The Balaban J connectivity index is 1.96. The minimum absolute atomic E-state index is 0.134. The Hall–Kier alpha value is -0.610. The van der Waals surface area contributed by atoms with Crippen LogP contribution in [-0.2, 0) is 9.53 Å². The Kier molecular flexibility index (Phi) is 3.97. The molecule has 2 atom stereocenters. The summed E-state index contributed by atoms with van der Waals surface area (Å²) in [5, 5.41) is 3.46. The summed E-state index contributed by atoms with van der Waals surface area (Å²) in [4.78, 5) is 14.4. The topological polar surface area (TPSA) is 41.6 Å². The smallest absolute Gasteiger partial charge is 0.325 e. The molecule has 4 nitrogen and oxygen atoms in total. The van der Waals surface area contributed by atoms with Gasteiger partial charge in [-0.05, 0) is 53.0 Å². The molecule has 0 aromatic rings. The first-order valence-corrected chi connectivity index (χ1v) is 7.04. The second kappa shape index (κ2) is 5.17. The van der Waals surface area contributed by atoms with Crippen molar-refractivity contribution in [2.45, 2.75) is 69.6 Å². The summed E-state index contributed by atoms with van der Waals surface area (Å²) in [6.45, 7) is 4.18. The van der Waals surface area contributed by atoms with Crippen LogP contribution in [0.5, 0.6) is 0 Å². The molecule has 18 heavy (non-hydrogen) atoms. The summed E-state index contributed by atoms with van der Waals surface area (Å²) in [5.74, 6) is -0.134. The van der Waals surface area contributed by atoms with Crippen molar-refractivity contribution in [3.63, 3.8) is 0 Å². The molecule has 0 aromatic carbocycles. The molecule has 2 rings (SSSR count). The Morgan fingerprint density at radius 2 is 2.06 bits per heavy atom. The standard InChI is InChI=1S/C14H26N2O2/c1-10(16(3)12-7-8-12)9-14(2,13(17)18-4)15-11-5-6-11/h10-12,15H,5-9H2,1-4H3. The summed E-state index contributed by atoms with van der Waals surface area (Å²) >= 11 is 0. The quantitative estimate of drug-likeness (QED) is 0.700.